The van der Waals surface area contributed by atoms with Gasteiger partial charge < -0.3 is 5.32 Å². The lowest BCUT2D eigenvalue weighted by atomic mass is 9.82. The lowest BCUT2D eigenvalue weighted by Gasteiger charge is -2.30. The highest BCUT2D eigenvalue weighted by Gasteiger charge is 2.34. The highest BCUT2D eigenvalue weighted by molar-refractivity contribution is 5.48. The fraction of sp³-hybridized carbons (Fsp3) is 0.529. The molecule has 21 heavy (non-hydrogen) atoms. The van der Waals surface area contributed by atoms with Crippen LogP contribution in [0.4, 0.5) is 5.69 Å². The van der Waals surface area contributed by atoms with Gasteiger partial charge in [-0.25, -0.2) is 0 Å². The van der Waals surface area contributed by atoms with Crippen molar-refractivity contribution in [3.8, 4) is 5.69 Å². The Hall–Kier alpha value is -1.84. The number of hydrogen-bond acceptors (Lipinski definition) is 3. The first kappa shape index (κ1) is 12.9. The molecular weight excluding hydrogens is 260 g/mol. The molecule has 1 aromatic carbocycles. The second kappa shape index (κ2) is 5.51. The summed E-state index contributed by atoms with van der Waals surface area (Å²) in [6.07, 6.45) is 11.9. The van der Waals surface area contributed by atoms with Gasteiger partial charge in [0.1, 0.15) is 0 Å². The Morgan fingerprint density at radius 2 is 1.67 bits per heavy atom. The zero-order chi connectivity index (χ0) is 14.1. The molecule has 110 valence electrons. The van der Waals surface area contributed by atoms with Gasteiger partial charge in [-0.3, -0.25) is 0 Å². The molecule has 2 fully saturated rings. The van der Waals surface area contributed by atoms with E-state index < -0.39 is 0 Å². The Bertz CT molecular complexity index is 571. The van der Waals surface area contributed by atoms with Crippen molar-refractivity contribution in [2.75, 3.05) is 5.32 Å². The molecular formula is C17H22N4. The molecule has 2 atom stereocenters. The van der Waals surface area contributed by atoms with Crippen molar-refractivity contribution >= 4 is 5.69 Å². The quantitative estimate of drug-likeness (QED) is 0.931. The molecule has 4 nitrogen and oxygen atoms in total. The number of rotatable bonds is 4. The van der Waals surface area contributed by atoms with E-state index in [2.05, 4.69) is 39.8 Å². The molecule has 1 N–H and O–H groups in total. The number of aromatic nitrogens is 3. The molecule has 0 amide bonds. The smallest absolute Gasteiger partial charge is 0.0858 e. The fourth-order valence-electron chi connectivity index (χ4n) is 3.63. The van der Waals surface area contributed by atoms with Crippen LogP contribution in [0.1, 0.15) is 38.5 Å². The molecule has 1 aromatic heterocycles. The summed E-state index contributed by atoms with van der Waals surface area (Å²) in [5.41, 5.74) is 2.22. The van der Waals surface area contributed by atoms with Gasteiger partial charge in [-0.05, 0) is 61.8 Å². The standard InChI is InChI=1S/C17H22N4/c1-2-14(13-4-5-13)12-16(3-1)20-15-6-8-17(9-7-15)21-18-10-11-19-21/h6-11,13-14,16,20H,1-5,12H2. The van der Waals surface area contributed by atoms with Crippen LogP contribution in [0.15, 0.2) is 36.7 Å². The summed E-state index contributed by atoms with van der Waals surface area (Å²) in [6, 6.07) is 9.07. The van der Waals surface area contributed by atoms with Crippen LogP contribution in [-0.4, -0.2) is 21.0 Å². The zero-order valence-corrected chi connectivity index (χ0v) is 12.3. The SMILES string of the molecule is c1cnn(-c2ccc(NC3CCCC(C4CC4)C3)cc2)n1. The average Bonchev–Trinajstić information content (AvgIpc) is 3.24. The van der Waals surface area contributed by atoms with Gasteiger partial charge in [-0.15, -0.1) is 0 Å². The molecule has 2 saturated carbocycles. The van der Waals surface area contributed by atoms with Crippen LogP contribution in [0.25, 0.3) is 5.69 Å². The van der Waals surface area contributed by atoms with Crippen LogP contribution >= 0.6 is 0 Å². The van der Waals surface area contributed by atoms with E-state index in [4.69, 9.17) is 0 Å². The molecule has 4 heteroatoms. The van der Waals surface area contributed by atoms with Crippen molar-refractivity contribution < 1.29 is 0 Å². The van der Waals surface area contributed by atoms with E-state index in [1.807, 2.05) is 0 Å². The Balaban J connectivity index is 1.40. The van der Waals surface area contributed by atoms with Crippen LogP contribution in [0.2, 0.25) is 0 Å². The molecule has 2 unspecified atom stereocenters. The lowest BCUT2D eigenvalue weighted by Crippen LogP contribution is -2.28. The van der Waals surface area contributed by atoms with Gasteiger partial charge in [0, 0.05) is 11.7 Å². The minimum absolute atomic E-state index is 0.651. The van der Waals surface area contributed by atoms with E-state index in [1.165, 1.54) is 44.2 Å². The fourth-order valence-corrected chi connectivity index (χ4v) is 3.63. The first-order chi connectivity index (χ1) is 10.4. The number of nitrogens with zero attached hydrogens (tertiary/aromatic N) is 3. The minimum atomic E-state index is 0.651. The monoisotopic (exact) mass is 282 g/mol. The van der Waals surface area contributed by atoms with Crippen LogP contribution in [0.5, 0.6) is 0 Å². The zero-order valence-electron chi connectivity index (χ0n) is 12.3. The molecule has 0 bridgehead atoms. The Morgan fingerprint density at radius 3 is 2.38 bits per heavy atom. The second-order valence-electron chi connectivity index (χ2n) is 6.47. The first-order valence-electron chi connectivity index (χ1n) is 8.12. The molecule has 2 aliphatic rings. The molecule has 2 aliphatic carbocycles. The third kappa shape index (κ3) is 2.94. The first-order valence-corrected chi connectivity index (χ1v) is 8.12. The van der Waals surface area contributed by atoms with Crippen molar-refractivity contribution in [1.82, 2.24) is 15.0 Å². The summed E-state index contributed by atoms with van der Waals surface area (Å²) in [4.78, 5) is 1.65. The predicted octanol–water partition coefficient (Wildman–Crippen LogP) is 3.65. The average molecular weight is 282 g/mol. The summed E-state index contributed by atoms with van der Waals surface area (Å²) >= 11 is 0. The second-order valence-corrected chi connectivity index (χ2v) is 6.47. The molecule has 2 aromatic rings. The van der Waals surface area contributed by atoms with E-state index in [9.17, 15) is 0 Å². The van der Waals surface area contributed by atoms with E-state index in [0.29, 0.717) is 6.04 Å². The molecule has 0 radical (unpaired) electrons. The van der Waals surface area contributed by atoms with E-state index in [1.54, 1.807) is 17.2 Å². The van der Waals surface area contributed by atoms with Crippen molar-refractivity contribution in [1.29, 1.82) is 0 Å². The topological polar surface area (TPSA) is 42.7 Å². The van der Waals surface area contributed by atoms with E-state index >= 15 is 0 Å². The molecule has 0 spiro atoms. The van der Waals surface area contributed by atoms with Gasteiger partial charge in [0.25, 0.3) is 0 Å². The largest absolute Gasteiger partial charge is 0.382 e. The number of anilines is 1. The van der Waals surface area contributed by atoms with Gasteiger partial charge in [-0.2, -0.15) is 15.0 Å². The van der Waals surface area contributed by atoms with Crippen LogP contribution in [0, 0.1) is 11.8 Å². The minimum Gasteiger partial charge on any atom is -0.382 e. The Kier molecular flexibility index (Phi) is 3.37. The van der Waals surface area contributed by atoms with Crippen molar-refractivity contribution in [2.45, 2.75) is 44.6 Å². The third-order valence-electron chi connectivity index (χ3n) is 4.89. The number of benzene rings is 1. The normalized spacial score (nSPS) is 25.7. The summed E-state index contributed by atoms with van der Waals surface area (Å²) in [5, 5.41) is 12.0. The number of nitrogens with one attached hydrogen (secondary N) is 1. The van der Waals surface area contributed by atoms with Gasteiger partial charge >= 0.3 is 0 Å². The summed E-state index contributed by atoms with van der Waals surface area (Å²) in [6.45, 7) is 0. The summed E-state index contributed by atoms with van der Waals surface area (Å²) in [5.74, 6) is 2.02. The van der Waals surface area contributed by atoms with E-state index in [-0.39, 0.29) is 0 Å². The third-order valence-corrected chi connectivity index (χ3v) is 4.89. The highest BCUT2D eigenvalue weighted by atomic mass is 15.5. The summed E-state index contributed by atoms with van der Waals surface area (Å²) in [7, 11) is 0. The maximum atomic E-state index is 4.15. The van der Waals surface area contributed by atoms with Crippen molar-refractivity contribution in [2.24, 2.45) is 11.8 Å². The maximum Gasteiger partial charge on any atom is 0.0858 e. The molecule has 0 aliphatic heterocycles. The Morgan fingerprint density at radius 1 is 0.905 bits per heavy atom. The van der Waals surface area contributed by atoms with Crippen molar-refractivity contribution in [3.63, 3.8) is 0 Å². The van der Waals surface area contributed by atoms with Gasteiger partial charge in [-0.1, -0.05) is 12.8 Å². The summed E-state index contributed by atoms with van der Waals surface area (Å²) < 4.78 is 0. The Labute approximate surface area is 125 Å². The maximum absolute atomic E-state index is 4.15. The van der Waals surface area contributed by atoms with E-state index in [0.717, 1.165) is 17.5 Å². The van der Waals surface area contributed by atoms with Gasteiger partial charge in [0.15, 0.2) is 0 Å². The lowest BCUT2D eigenvalue weighted by molar-refractivity contribution is 0.303. The van der Waals surface area contributed by atoms with Crippen LogP contribution in [0.3, 0.4) is 0 Å². The van der Waals surface area contributed by atoms with Gasteiger partial charge in [0.05, 0.1) is 18.1 Å². The molecule has 0 saturated heterocycles. The number of hydrogen-bond donors (Lipinski definition) is 1. The molecule has 4 rings (SSSR count). The highest BCUT2D eigenvalue weighted by Crippen LogP contribution is 2.44. The predicted molar refractivity (Wildman–Crippen MR) is 83.5 cm³/mol. The van der Waals surface area contributed by atoms with Crippen molar-refractivity contribution in [3.05, 3.63) is 36.7 Å². The van der Waals surface area contributed by atoms with Crippen LogP contribution in [-0.2, 0) is 0 Å². The molecule has 1 heterocycles. The van der Waals surface area contributed by atoms with Crippen LogP contribution < -0.4 is 5.32 Å². The van der Waals surface area contributed by atoms with Gasteiger partial charge in [0.2, 0.25) is 0 Å².